The third-order valence-electron chi connectivity index (χ3n) is 5.05. The number of rotatable bonds is 5. The summed E-state index contributed by atoms with van der Waals surface area (Å²) in [4.78, 5) is 25.5. The van der Waals surface area contributed by atoms with E-state index in [0.717, 1.165) is 49.9 Å². The first-order valence-electron chi connectivity index (χ1n) is 9.04. The van der Waals surface area contributed by atoms with Crippen LogP contribution in [0, 0.1) is 0 Å². The maximum Gasteiger partial charge on any atom is 0.272 e. The van der Waals surface area contributed by atoms with Gasteiger partial charge in [-0.1, -0.05) is 26.2 Å². The highest BCUT2D eigenvalue weighted by Crippen LogP contribution is 2.29. The van der Waals surface area contributed by atoms with Crippen LogP contribution in [-0.4, -0.2) is 40.6 Å². The molecule has 1 saturated carbocycles. The molecule has 1 aliphatic carbocycles. The highest BCUT2D eigenvalue weighted by molar-refractivity contribution is 5.99. The van der Waals surface area contributed by atoms with Gasteiger partial charge in [0.1, 0.15) is 5.54 Å². The van der Waals surface area contributed by atoms with Gasteiger partial charge in [-0.25, -0.2) is 0 Å². The number of aromatic nitrogens is 2. The number of fused-ring (bicyclic) bond motifs is 1. The molecule has 0 spiro atoms. The fraction of sp³-hybridized carbons (Fsp3) is 0.706. The lowest BCUT2D eigenvalue weighted by Gasteiger charge is -2.36. The maximum absolute atomic E-state index is 12.8. The Kier molecular flexibility index (Phi) is 6.84. The average Bonchev–Trinajstić information content (AvgIpc) is 3.04. The van der Waals surface area contributed by atoms with Gasteiger partial charge in [0.15, 0.2) is 5.69 Å². The van der Waals surface area contributed by atoms with Crippen LogP contribution in [0.5, 0.6) is 0 Å². The molecule has 1 aromatic heterocycles. The SMILES string of the molecule is CCCNC(=O)C1(NC(=O)c2n[nH]c3c2CNCC3)CCCCC1.Cl. The maximum atomic E-state index is 12.8. The molecule has 0 bridgehead atoms. The summed E-state index contributed by atoms with van der Waals surface area (Å²) in [5.41, 5.74) is 1.58. The van der Waals surface area contributed by atoms with Crippen LogP contribution in [0.15, 0.2) is 0 Å². The zero-order valence-electron chi connectivity index (χ0n) is 14.7. The summed E-state index contributed by atoms with van der Waals surface area (Å²) in [6, 6.07) is 0. The lowest BCUT2D eigenvalue weighted by molar-refractivity contribution is -0.128. The number of nitrogens with zero attached hydrogens (tertiary/aromatic N) is 1. The van der Waals surface area contributed by atoms with Gasteiger partial charge in [0.2, 0.25) is 5.91 Å². The van der Waals surface area contributed by atoms with Crippen LogP contribution in [-0.2, 0) is 17.8 Å². The lowest BCUT2D eigenvalue weighted by Crippen LogP contribution is -2.60. The molecule has 0 atom stereocenters. The smallest absolute Gasteiger partial charge is 0.272 e. The van der Waals surface area contributed by atoms with Gasteiger partial charge in [-0.05, 0) is 19.3 Å². The van der Waals surface area contributed by atoms with Crippen molar-refractivity contribution in [2.45, 2.75) is 64.0 Å². The Bertz CT molecular complexity index is 610. The fourth-order valence-corrected chi connectivity index (χ4v) is 3.66. The summed E-state index contributed by atoms with van der Waals surface area (Å²) in [6.45, 7) is 4.19. The molecule has 1 aliphatic heterocycles. The molecule has 1 fully saturated rings. The fourth-order valence-electron chi connectivity index (χ4n) is 3.66. The Labute approximate surface area is 154 Å². The van der Waals surface area contributed by atoms with E-state index in [2.05, 4.69) is 26.1 Å². The van der Waals surface area contributed by atoms with E-state index in [9.17, 15) is 9.59 Å². The van der Waals surface area contributed by atoms with E-state index < -0.39 is 5.54 Å². The van der Waals surface area contributed by atoms with Crippen molar-refractivity contribution in [1.29, 1.82) is 0 Å². The quantitative estimate of drug-likeness (QED) is 0.631. The molecule has 7 nitrogen and oxygen atoms in total. The van der Waals surface area contributed by atoms with Crippen LogP contribution in [0.4, 0.5) is 0 Å². The monoisotopic (exact) mass is 369 g/mol. The number of carbonyl (C=O) groups is 2. The van der Waals surface area contributed by atoms with Gasteiger partial charge in [0, 0.05) is 37.3 Å². The number of hydrogen-bond donors (Lipinski definition) is 4. The van der Waals surface area contributed by atoms with Crippen molar-refractivity contribution in [2.24, 2.45) is 0 Å². The topological polar surface area (TPSA) is 98.9 Å². The van der Waals surface area contributed by atoms with Crippen molar-refractivity contribution < 1.29 is 9.59 Å². The van der Waals surface area contributed by atoms with Crippen molar-refractivity contribution in [3.05, 3.63) is 17.0 Å². The minimum absolute atomic E-state index is 0. The summed E-state index contributed by atoms with van der Waals surface area (Å²) in [5, 5.41) is 16.4. The third-order valence-corrected chi connectivity index (χ3v) is 5.05. The molecule has 140 valence electrons. The first-order chi connectivity index (χ1) is 11.7. The van der Waals surface area contributed by atoms with E-state index in [4.69, 9.17) is 0 Å². The van der Waals surface area contributed by atoms with Crippen molar-refractivity contribution in [1.82, 2.24) is 26.1 Å². The van der Waals surface area contributed by atoms with Crippen molar-refractivity contribution in [3.8, 4) is 0 Å². The number of halogens is 1. The van der Waals surface area contributed by atoms with E-state index >= 15 is 0 Å². The Balaban J connectivity index is 0.00000225. The summed E-state index contributed by atoms with van der Waals surface area (Å²) < 4.78 is 0. The minimum Gasteiger partial charge on any atom is -0.354 e. The second kappa shape index (κ2) is 8.67. The molecule has 1 aromatic rings. The molecule has 0 unspecified atom stereocenters. The largest absolute Gasteiger partial charge is 0.354 e. The zero-order valence-corrected chi connectivity index (χ0v) is 15.6. The number of aromatic amines is 1. The van der Waals surface area contributed by atoms with Gasteiger partial charge in [0.25, 0.3) is 5.91 Å². The molecule has 0 saturated heterocycles. The number of hydrogen-bond acceptors (Lipinski definition) is 4. The van der Waals surface area contributed by atoms with Gasteiger partial charge < -0.3 is 16.0 Å². The van der Waals surface area contributed by atoms with Crippen LogP contribution < -0.4 is 16.0 Å². The first kappa shape index (κ1) is 19.7. The molecular formula is C17H28ClN5O2. The average molecular weight is 370 g/mol. The van der Waals surface area contributed by atoms with Gasteiger partial charge in [0.05, 0.1) is 0 Å². The van der Waals surface area contributed by atoms with Crippen molar-refractivity contribution in [2.75, 3.05) is 13.1 Å². The number of H-pyrrole nitrogens is 1. The zero-order chi connectivity index (χ0) is 17.0. The summed E-state index contributed by atoms with van der Waals surface area (Å²) in [6.07, 6.45) is 6.14. The molecule has 8 heteroatoms. The van der Waals surface area contributed by atoms with Gasteiger partial charge in [-0.2, -0.15) is 5.10 Å². The van der Waals surface area contributed by atoms with E-state index in [0.29, 0.717) is 31.6 Å². The lowest BCUT2D eigenvalue weighted by atomic mass is 9.80. The summed E-state index contributed by atoms with van der Waals surface area (Å²) in [5.74, 6) is -0.301. The Hall–Kier alpha value is -1.60. The highest BCUT2D eigenvalue weighted by Gasteiger charge is 2.41. The van der Waals surface area contributed by atoms with Crippen molar-refractivity contribution >= 4 is 24.2 Å². The van der Waals surface area contributed by atoms with Crippen molar-refractivity contribution in [3.63, 3.8) is 0 Å². The summed E-state index contributed by atoms with van der Waals surface area (Å²) in [7, 11) is 0. The number of amides is 2. The van der Waals surface area contributed by atoms with Crippen LogP contribution in [0.1, 0.15) is 67.2 Å². The second-order valence-electron chi connectivity index (χ2n) is 6.81. The molecule has 0 aromatic carbocycles. The standard InChI is InChI=1S/C17H27N5O2.ClH/c1-2-9-19-16(24)17(7-4-3-5-8-17)20-15(23)14-12-11-18-10-6-13(12)21-22-14;/h18H,2-11H2,1H3,(H,19,24)(H,20,23)(H,21,22);1H. The second-order valence-corrected chi connectivity index (χ2v) is 6.81. The number of nitrogens with one attached hydrogen (secondary N) is 4. The van der Waals surface area contributed by atoms with Crippen LogP contribution >= 0.6 is 12.4 Å². The predicted octanol–water partition coefficient (Wildman–Crippen LogP) is 1.44. The molecule has 0 radical (unpaired) electrons. The third kappa shape index (κ3) is 4.15. The molecule has 4 N–H and O–H groups in total. The van der Waals surface area contributed by atoms with Crippen LogP contribution in [0.3, 0.4) is 0 Å². The highest BCUT2D eigenvalue weighted by atomic mass is 35.5. The van der Waals surface area contributed by atoms with Crippen LogP contribution in [0.2, 0.25) is 0 Å². The predicted molar refractivity (Wildman–Crippen MR) is 97.8 cm³/mol. The molecule has 3 rings (SSSR count). The molecule has 25 heavy (non-hydrogen) atoms. The van der Waals surface area contributed by atoms with E-state index in [1.807, 2.05) is 6.92 Å². The molecule has 2 heterocycles. The van der Waals surface area contributed by atoms with E-state index in [1.54, 1.807) is 0 Å². The minimum atomic E-state index is -0.793. The Morgan fingerprint density at radius 3 is 2.72 bits per heavy atom. The first-order valence-corrected chi connectivity index (χ1v) is 9.04. The number of carbonyl (C=O) groups excluding carboxylic acids is 2. The van der Waals surface area contributed by atoms with Gasteiger partial charge in [-0.15, -0.1) is 12.4 Å². The van der Waals surface area contributed by atoms with Gasteiger partial charge >= 0.3 is 0 Å². The molecule has 2 amide bonds. The Morgan fingerprint density at radius 2 is 2.00 bits per heavy atom. The van der Waals surface area contributed by atoms with Gasteiger partial charge in [-0.3, -0.25) is 14.7 Å². The summed E-state index contributed by atoms with van der Waals surface area (Å²) >= 11 is 0. The molecular weight excluding hydrogens is 342 g/mol. The molecule has 2 aliphatic rings. The van der Waals surface area contributed by atoms with E-state index in [-0.39, 0.29) is 24.2 Å². The Morgan fingerprint density at radius 1 is 1.24 bits per heavy atom. The van der Waals surface area contributed by atoms with Crippen LogP contribution in [0.25, 0.3) is 0 Å². The van der Waals surface area contributed by atoms with E-state index in [1.165, 1.54) is 0 Å². The normalized spacial score (nSPS) is 18.6.